The number of amides is 1. The van der Waals surface area contributed by atoms with Gasteiger partial charge in [-0.1, -0.05) is 18.2 Å². The molecule has 1 atom stereocenters. The van der Waals surface area contributed by atoms with Crippen molar-refractivity contribution in [2.45, 2.75) is 32.1 Å². The van der Waals surface area contributed by atoms with Crippen LogP contribution in [0.1, 0.15) is 26.2 Å². The molecular weight excluding hydrogens is 288 g/mol. The smallest absolute Gasteiger partial charge is 0.263 e. The van der Waals surface area contributed by atoms with Crippen LogP contribution in [0, 0.1) is 11.3 Å². The molecule has 5 heteroatoms. The van der Waals surface area contributed by atoms with E-state index in [1.807, 2.05) is 30.3 Å². The highest BCUT2D eigenvalue weighted by Crippen LogP contribution is 2.61. The minimum absolute atomic E-state index is 0.310. The summed E-state index contributed by atoms with van der Waals surface area (Å²) in [5, 5.41) is 0. The second kappa shape index (κ2) is 5.52. The zero-order valence-corrected chi connectivity index (χ0v) is 12.7. The van der Waals surface area contributed by atoms with Crippen LogP contribution >= 0.6 is 0 Å². The third-order valence-electron chi connectivity index (χ3n) is 4.86. The van der Waals surface area contributed by atoms with Gasteiger partial charge in [-0.05, 0) is 37.8 Å². The summed E-state index contributed by atoms with van der Waals surface area (Å²) >= 11 is 0. The monoisotopic (exact) mass is 309 g/mol. The highest BCUT2D eigenvalue weighted by atomic mass is 19.3. The molecule has 0 bridgehead atoms. The normalized spacial score (nSPS) is 27.5. The minimum Gasteiger partial charge on any atom is -0.493 e. The predicted octanol–water partition coefficient (Wildman–Crippen LogP) is 3.35. The van der Waals surface area contributed by atoms with Gasteiger partial charge in [0, 0.05) is 19.5 Å². The molecule has 1 aliphatic carbocycles. The molecule has 2 aliphatic rings. The Bertz CT molecular complexity index is 541. The maximum atomic E-state index is 13.3. The van der Waals surface area contributed by atoms with Crippen LogP contribution in [0.15, 0.2) is 30.3 Å². The van der Waals surface area contributed by atoms with Crippen molar-refractivity contribution in [3.05, 3.63) is 30.3 Å². The van der Waals surface area contributed by atoms with Gasteiger partial charge >= 0.3 is 0 Å². The number of carbonyl (C=O) groups excluding carboxylic acids is 1. The van der Waals surface area contributed by atoms with Gasteiger partial charge in [0.2, 0.25) is 5.91 Å². The minimum atomic E-state index is -2.82. The first-order chi connectivity index (χ1) is 10.4. The molecule has 0 aromatic heterocycles. The Kier molecular flexibility index (Phi) is 3.83. The fourth-order valence-electron chi connectivity index (χ4n) is 3.01. The van der Waals surface area contributed by atoms with E-state index in [-0.39, 0.29) is 12.3 Å². The average Bonchev–Trinajstić information content (AvgIpc) is 3.06. The molecule has 0 N–H and O–H groups in total. The van der Waals surface area contributed by atoms with Gasteiger partial charge in [-0.15, -0.1) is 0 Å². The van der Waals surface area contributed by atoms with Crippen molar-refractivity contribution in [2.24, 2.45) is 11.3 Å². The Morgan fingerprint density at radius 2 is 1.86 bits per heavy atom. The first kappa shape index (κ1) is 15.3. The Morgan fingerprint density at radius 1 is 1.27 bits per heavy atom. The van der Waals surface area contributed by atoms with Gasteiger partial charge in [0.05, 0.1) is 6.61 Å². The SMILES string of the molecule is CC1(C(=O)N2CCC(COc3ccccc3)CC2)CC1(F)F. The quantitative estimate of drug-likeness (QED) is 0.853. The molecule has 1 unspecified atom stereocenters. The van der Waals surface area contributed by atoms with Crippen LogP contribution < -0.4 is 4.74 Å². The number of nitrogens with zero attached hydrogens (tertiary/aromatic N) is 1. The number of benzene rings is 1. The standard InChI is InChI=1S/C17H21F2NO2/c1-16(12-17(16,18)19)15(21)20-9-7-13(8-10-20)11-22-14-5-3-2-4-6-14/h2-6,13H,7-12H2,1H3. The van der Waals surface area contributed by atoms with E-state index in [9.17, 15) is 13.6 Å². The van der Waals surface area contributed by atoms with E-state index in [0.717, 1.165) is 18.6 Å². The third-order valence-corrected chi connectivity index (χ3v) is 4.86. The van der Waals surface area contributed by atoms with Gasteiger partial charge < -0.3 is 9.64 Å². The van der Waals surface area contributed by atoms with Crippen molar-refractivity contribution in [1.82, 2.24) is 4.90 Å². The van der Waals surface area contributed by atoms with Crippen molar-refractivity contribution >= 4 is 5.91 Å². The van der Waals surface area contributed by atoms with Crippen LogP contribution in [0.2, 0.25) is 0 Å². The summed E-state index contributed by atoms with van der Waals surface area (Å²) in [7, 11) is 0. The van der Waals surface area contributed by atoms with Gasteiger partial charge in [-0.3, -0.25) is 4.79 Å². The first-order valence-corrected chi connectivity index (χ1v) is 7.77. The van der Waals surface area contributed by atoms with E-state index < -0.39 is 11.3 Å². The second-order valence-electron chi connectivity index (χ2n) is 6.57. The number of rotatable bonds is 4. The average molecular weight is 309 g/mol. The summed E-state index contributed by atoms with van der Waals surface area (Å²) in [5.41, 5.74) is -1.46. The van der Waals surface area contributed by atoms with E-state index in [1.165, 1.54) is 6.92 Å². The zero-order chi connectivity index (χ0) is 15.8. The molecule has 1 saturated carbocycles. The van der Waals surface area contributed by atoms with Crippen molar-refractivity contribution in [3.8, 4) is 5.75 Å². The molecule has 1 aromatic carbocycles. The largest absolute Gasteiger partial charge is 0.493 e. The third kappa shape index (κ3) is 2.81. The van der Waals surface area contributed by atoms with Crippen molar-refractivity contribution in [2.75, 3.05) is 19.7 Å². The summed E-state index contributed by atoms with van der Waals surface area (Å²) in [5.74, 6) is -2.00. The van der Waals surface area contributed by atoms with Crippen LogP contribution in [-0.2, 0) is 4.79 Å². The molecule has 0 spiro atoms. The first-order valence-electron chi connectivity index (χ1n) is 7.77. The molecule has 2 fully saturated rings. The maximum absolute atomic E-state index is 13.3. The van der Waals surface area contributed by atoms with Crippen LogP contribution in [-0.4, -0.2) is 36.4 Å². The van der Waals surface area contributed by atoms with Crippen LogP contribution in [0.4, 0.5) is 8.78 Å². The van der Waals surface area contributed by atoms with Crippen molar-refractivity contribution in [1.29, 1.82) is 0 Å². The fourth-order valence-corrected chi connectivity index (χ4v) is 3.01. The highest BCUT2D eigenvalue weighted by molar-refractivity contribution is 5.87. The predicted molar refractivity (Wildman–Crippen MR) is 78.9 cm³/mol. The summed E-state index contributed by atoms with van der Waals surface area (Å²) in [4.78, 5) is 13.8. The van der Waals surface area contributed by atoms with Crippen molar-refractivity contribution in [3.63, 3.8) is 0 Å². The summed E-state index contributed by atoms with van der Waals surface area (Å²) in [6, 6.07) is 9.61. The van der Waals surface area contributed by atoms with Crippen LogP contribution in [0.25, 0.3) is 0 Å². The Hall–Kier alpha value is -1.65. The summed E-state index contributed by atoms with van der Waals surface area (Å²) < 4.78 is 32.3. The number of halogens is 2. The van der Waals surface area contributed by atoms with E-state index >= 15 is 0 Å². The molecule has 0 radical (unpaired) electrons. The molecule has 3 rings (SSSR count). The van der Waals surface area contributed by atoms with E-state index in [1.54, 1.807) is 4.90 Å². The number of ether oxygens (including phenoxy) is 1. The second-order valence-corrected chi connectivity index (χ2v) is 6.57. The lowest BCUT2D eigenvalue weighted by atomic mass is 9.96. The lowest BCUT2D eigenvalue weighted by Crippen LogP contribution is -2.44. The lowest BCUT2D eigenvalue weighted by Gasteiger charge is -2.33. The maximum Gasteiger partial charge on any atom is 0.263 e. The Balaban J connectivity index is 1.46. The number of likely N-dealkylation sites (tertiary alicyclic amines) is 1. The van der Waals surface area contributed by atoms with Gasteiger partial charge in [0.25, 0.3) is 5.92 Å². The van der Waals surface area contributed by atoms with Gasteiger partial charge in [0.15, 0.2) is 0 Å². The molecular formula is C17H21F2NO2. The van der Waals surface area contributed by atoms with Crippen molar-refractivity contribution < 1.29 is 18.3 Å². The number of para-hydroxylation sites is 1. The van der Waals surface area contributed by atoms with E-state index in [0.29, 0.717) is 25.6 Å². The summed E-state index contributed by atoms with van der Waals surface area (Å²) in [6.07, 6.45) is 1.30. The molecule has 1 amide bonds. The van der Waals surface area contributed by atoms with E-state index in [4.69, 9.17) is 4.74 Å². The number of piperidine rings is 1. The molecule has 1 aromatic rings. The van der Waals surface area contributed by atoms with Crippen LogP contribution in [0.3, 0.4) is 0 Å². The van der Waals surface area contributed by atoms with Crippen LogP contribution in [0.5, 0.6) is 5.75 Å². The number of alkyl halides is 2. The highest BCUT2D eigenvalue weighted by Gasteiger charge is 2.73. The topological polar surface area (TPSA) is 29.5 Å². The number of carbonyl (C=O) groups is 1. The van der Waals surface area contributed by atoms with Gasteiger partial charge in [-0.2, -0.15) is 0 Å². The van der Waals surface area contributed by atoms with E-state index in [2.05, 4.69) is 0 Å². The summed E-state index contributed by atoms with van der Waals surface area (Å²) in [6.45, 7) is 3.08. The molecule has 120 valence electrons. The van der Waals surface area contributed by atoms with Gasteiger partial charge in [-0.25, -0.2) is 8.78 Å². The molecule has 3 nitrogen and oxygen atoms in total. The fraction of sp³-hybridized carbons (Fsp3) is 0.588. The molecule has 1 aliphatic heterocycles. The number of hydrogen-bond donors (Lipinski definition) is 0. The lowest BCUT2D eigenvalue weighted by molar-refractivity contribution is -0.141. The van der Waals surface area contributed by atoms with Gasteiger partial charge in [0.1, 0.15) is 11.2 Å². The molecule has 1 heterocycles. The Labute approximate surface area is 129 Å². The molecule has 1 saturated heterocycles. The zero-order valence-electron chi connectivity index (χ0n) is 12.7. The molecule has 22 heavy (non-hydrogen) atoms. The Morgan fingerprint density at radius 3 is 2.41 bits per heavy atom. The number of hydrogen-bond acceptors (Lipinski definition) is 2.